The van der Waals surface area contributed by atoms with Gasteiger partial charge in [-0.3, -0.25) is 4.98 Å². The number of anilines is 1. The predicted molar refractivity (Wildman–Crippen MR) is 79.7 cm³/mol. The van der Waals surface area contributed by atoms with Crippen molar-refractivity contribution in [2.24, 2.45) is 17.6 Å². The van der Waals surface area contributed by atoms with Crippen LogP contribution in [0, 0.1) is 11.8 Å². The maximum absolute atomic E-state index is 5.67. The van der Waals surface area contributed by atoms with E-state index in [0.717, 1.165) is 24.1 Å². The van der Waals surface area contributed by atoms with Gasteiger partial charge in [-0.25, -0.2) is 0 Å². The summed E-state index contributed by atoms with van der Waals surface area (Å²) in [5, 5.41) is 3.45. The Balaban J connectivity index is 1.95. The fraction of sp³-hybridized carbons (Fsp3) is 0.571. The first-order valence-electron chi connectivity index (χ1n) is 6.65. The Kier molecular flexibility index (Phi) is 4.53. The number of pyridine rings is 1. The van der Waals surface area contributed by atoms with Crippen LogP contribution in [0.15, 0.2) is 18.3 Å². The molecule has 0 saturated heterocycles. The topological polar surface area (TPSA) is 50.9 Å². The summed E-state index contributed by atoms with van der Waals surface area (Å²) in [6, 6.07) is 3.90. The molecule has 2 rings (SSSR count). The van der Waals surface area contributed by atoms with E-state index in [1.807, 2.05) is 12.1 Å². The van der Waals surface area contributed by atoms with Crippen LogP contribution in [0.4, 0.5) is 5.69 Å². The Morgan fingerprint density at radius 2 is 2.39 bits per heavy atom. The summed E-state index contributed by atoms with van der Waals surface area (Å²) < 4.78 is 0. The van der Waals surface area contributed by atoms with Gasteiger partial charge in [-0.2, -0.15) is 0 Å². The molecule has 4 heteroatoms. The molecule has 18 heavy (non-hydrogen) atoms. The largest absolute Gasteiger partial charge is 0.388 e. The first-order chi connectivity index (χ1) is 8.66. The highest BCUT2D eigenvalue weighted by Gasteiger charge is 2.19. The van der Waals surface area contributed by atoms with Crippen LogP contribution in [0.1, 0.15) is 38.3 Å². The van der Waals surface area contributed by atoms with Crippen molar-refractivity contribution < 1.29 is 0 Å². The van der Waals surface area contributed by atoms with E-state index < -0.39 is 0 Å². The normalized spacial score (nSPS) is 23.6. The average Bonchev–Trinajstić information content (AvgIpc) is 2.37. The Hall–Kier alpha value is -1.16. The molecule has 0 amide bonds. The minimum atomic E-state index is 0.357. The van der Waals surface area contributed by atoms with E-state index in [1.54, 1.807) is 6.20 Å². The smallest absolute Gasteiger partial charge is 0.124 e. The number of rotatable bonds is 4. The molecule has 3 nitrogen and oxygen atoms in total. The number of hydrogen-bond acceptors (Lipinski definition) is 3. The summed E-state index contributed by atoms with van der Waals surface area (Å²) in [6.45, 7) is 3.34. The monoisotopic (exact) mass is 263 g/mol. The molecule has 0 spiro atoms. The van der Waals surface area contributed by atoms with Crippen molar-refractivity contribution in [1.82, 2.24) is 4.98 Å². The van der Waals surface area contributed by atoms with Crippen LogP contribution in [0.5, 0.6) is 0 Å². The molecule has 1 heterocycles. The van der Waals surface area contributed by atoms with Crippen LogP contribution in [-0.2, 0) is 0 Å². The van der Waals surface area contributed by atoms with E-state index in [2.05, 4.69) is 17.2 Å². The minimum Gasteiger partial charge on any atom is -0.388 e. The summed E-state index contributed by atoms with van der Waals surface area (Å²) in [4.78, 5) is 4.58. The second-order valence-corrected chi connectivity index (χ2v) is 5.72. The van der Waals surface area contributed by atoms with E-state index in [-0.39, 0.29) is 0 Å². The average molecular weight is 263 g/mol. The summed E-state index contributed by atoms with van der Waals surface area (Å²) in [6.07, 6.45) is 7.09. The third-order valence-corrected chi connectivity index (χ3v) is 3.86. The molecular weight excluding hydrogens is 242 g/mol. The first-order valence-corrected chi connectivity index (χ1v) is 7.06. The number of aromatic nitrogens is 1. The van der Waals surface area contributed by atoms with E-state index in [9.17, 15) is 0 Å². The Labute approximate surface area is 114 Å². The third-order valence-electron chi connectivity index (χ3n) is 3.67. The Morgan fingerprint density at radius 1 is 1.56 bits per heavy atom. The SMILES string of the molecule is CC1CCCC(CNc2cccnc2C(N)=S)C1. The minimum absolute atomic E-state index is 0.357. The van der Waals surface area contributed by atoms with Crippen LogP contribution in [0.3, 0.4) is 0 Å². The van der Waals surface area contributed by atoms with Gasteiger partial charge in [-0.05, 0) is 36.8 Å². The fourth-order valence-electron chi connectivity index (χ4n) is 2.74. The van der Waals surface area contributed by atoms with Crippen LogP contribution in [0.25, 0.3) is 0 Å². The lowest BCUT2D eigenvalue weighted by atomic mass is 9.82. The first kappa shape index (κ1) is 13.3. The van der Waals surface area contributed by atoms with Crippen molar-refractivity contribution >= 4 is 22.9 Å². The van der Waals surface area contributed by atoms with Gasteiger partial charge in [0.1, 0.15) is 10.7 Å². The maximum atomic E-state index is 5.67. The molecule has 1 aromatic heterocycles. The number of nitrogens with two attached hydrogens (primary N) is 1. The van der Waals surface area contributed by atoms with Gasteiger partial charge in [0.25, 0.3) is 0 Å². The molecule has 1 saturated carbocycles. The highest BCUT2D eigenvalue weighted by Crippen LogP contribution is 2.28. The number of hydrogen-bond donors (Lipinski definition) is 2. The van der Waals surface area contributed by atoms with Gasteiger partial charge in [0.2, 0.25) is 0 Å². The van der Waals surface area contributed by atoms with Crippen molar-refractivity contribution in [3.8, 4) is 0 Å². The van der Waals surface area contributed by atoms with Gasteiger partial charge in [0.05, 0.1) is 5.69 Å². The zero-order chi connectivity index (χ0) is 13.0. The number of nitrogens with zero attached hydrogens (tertiary/aromatic N) is 1. The molecule has 0 aromatic carbocycles. The number of nitrogens with one attached hydrogen (secondary N) is 1. The van der Waals surface area contributed by atoms with E-state index in [0.29, 0.717) is 10.7 Å². The predicted octanol–water partition coefficient (Wildman–Crippen LogP) is 2.95. The standard InChI is InChI=1S/C14H21N3S/c1-10-4-2-5-11(8-10)9-17-12-6-3-7-16-13(12)14(15)18/h3,6-7,10-11,17H,2,4-5,8-9H2,1H3,(H2,15,18). The van der Waals surface area contributed by atoms with Gasteiger partial charge < -0.3 is 11.1 Å². The molecule has 0 bridgehead atoms. The molecule has 3 N–H and O–H groups in total. The summed E-state index contributed by atoms with van der Waals surface area (Å²) in [5.41, 5.74) is 7.34. The van der Waals surface area contributed by atoms with Crippen molar-refractivity contribution in [2.45, 2.75) is 32.6 Å². The van der Waals surface area contributed by atoms with Crippen LogP contribution >= 0.6 is 12.2 Å². The lowest BCUT2D eigenvalue weighted by molar-refractivity contribution is 0.293. The summed E-state index contributed by atoms with van der Waals surface area (Å²) >= 11 is 5.01. The molecule has 1 fully saturated rings. The lowest BCUT2D eigenvalue weighted by Gasteiger charge is -2.27. The zero-order valence-corrected chi connectivity index (χ0v) is 11.7. The molecule has 98 valence electrons. The van der Waals surface area contributed by atoms with Crippen LogP contribution < -0.4 is 11.1 Å². The van der Waals surface area contributed by atoms with Crippen molar-refractivity contribution in [2.75, 3.05) is 11.9 Å². The third kappa shape index (κ3) is 3.42. The number of thiocarbonyl (C=S) groups is 1. The molecule has 2 unspecified atom stereocenters. The molecule has 0 aliphatic heterocycles. The van der Waals surface area contributed by atoms with Crippen LogP contribution in [-0.4, -0.2) is 16.5 Å². The molecular formula is C14H21N3S. The quantitative estimate of drug-likeness (QED) is 0.820. The molecule has 1 aliphatic carbocycles. The summed E-state index contributed by atoms with van der Waals surface area (Å²) in [5.74, 6) is 1.61. The van der Waals surface area contributed by atoms with Gasteiger partial charge >= 0.3 is 0 Å². The van der Waals surface area contributed by atoms with E-state index >= 15 is 0 Å². The molecule has 1 aliphatic rings. The molecule has 0 radical (unpaired) electrons. The van der Waals surface area contributed by atoms with Gasteiger partial charge in [0.15, 0.2) is 0 Å². The highest BCUT2D eigenvalue weighted by molar-refractivity contribution is 7.80. The van der Waals surface area contributed by atoms with Crippen molar-refractivity contribution in [3.63, 3.8) is 0 Å². The Bertz CT molecular complexity index is 419. The highest BCUT2D eigenvalue weighted by atomic mass is 32.1. The zero-order valence-electron chi connectivity index (χ0n) is 10.9. The molecule has 1 aromatic rings. The van der Waals surface area contributed by atoms with Crippen molar-refractivity contribution in [1.29, 1.82) is 0 Å². The lowest BCUT2D eigenvalue weighted by Crippen LogP contribution is -2.22. The second-order valence-electron chi connectivity index (χ2n) is 5.28. The second kappa shape index (κ2) is 6.14. The fourth-order valence-corrected chi connectivity index (χ4v) is 2.91. The van der Waals surface area contributed by atoms with Gasteiger partial charge in [-0.1, -0.05) is 32.0 Å². The van der Waals surface area contributed by atoms with E-state index in [1.165, 1.54) is 25.7 Å². The van der Waals surface area contributed by atoms with E-state index in [4.69, 9.17) is 18.0 Å². The summed E-state index contributed by atoms with van der Waals surface area (Å²) in [7, 11) is 0. The Morgan fingerprint density at radius 3 is 3.11 bits per heavy atom. The van der Waals surface area contributed by atoms with Crippen LogP contribution in [0.2, 0.25) is 0 Å². The maximum Gasteiger partial charge on any atom is 0.124 e. The van der Waals surface area contributed by atoms with Crippen molar-refractivity contribution in [3.05, 3.63) is 24.0 Å². The molecule has 2 atom stereocenters. The van der Waals surface area contributed by atoms with Gasteiger partial charge in [0, 0.05) is 12.7 Å². The van der Waals surface area contributed by atoms with Gasteiger partial charge in [-0.15, -0.1) is 0 Å².